The molecule has 2 heterocycles. The van der Waals surface area contributed by atoms with Crippen LogP contribution < -0.4 is 0 Å². The van der Waals surface area contributed by atoms with Crippen LogP contribution in [0.25, 0.3) is 10.2 Å². The minimum absolute atomic E-state index is 0.0570. The number of benzene rings is 1. The maximum atomic E-state index is 12.9. The highest BCUT2D eigenvalue weighted by atomic mass is 32.2. The molecule has 1 amide bonds. The van der Waals surface area contributed by atoms with Gasteiger partial charge in [-0.05, 0) is 38.8 Å². The van der Waals surface area contributed by atoms with E-state index in [0.29, 0.717) is 11.8 Å². The van der Waals surface area contributed by atoms with E-state index in [2.05, 4.69) is 20.8 Å². The molecule has 0 bridgehead atoms. The zero-order valence-corrected chi connectivity index (χ0v) is 18.8. The van der Waals surface area contributed by atoms with Gasteiger partial charge >= 0.3 is 0 Å². The number of amides is 1. The first-order valence-electron chi connectivity index (χ1n) is 10.2. The van der Waals surface area contributed by atoms with Crippen LogP contribution in [0.1, 0.15) is 61.9 Å². The number of para-hydroxylation sites is 1. The number of hydrogen-bond acceptors (Lipinski definition) is 6. The molecule has 1 fully saturated rings. The highest BCUT2D eigenvalue weighted by Crippen LogP contribution is 2.33. The molecule has 6 nitrogen and oxygen atoms in total. The quantitative estimate of drug-likeness (QED) is 0.515. The Kier molecular flexibility index (Phi) is 6.20. The lowest BCUT2D eigenvalue weighted by molar-refractivity contribution is -0.128. The van der Waals surface area contributed by atoms with E-state index in [1.165, 1.54) is 43.9 Å². The largest absolute Gasteiger partial charge is 0.336 e. The van der Waals surface area contributed by atoms with Crippen LogP contribution >= 0.6 is 23.1 Å². The van der Waals surface area contributed by atoms with Crippen LogP contribution in [0.5, 0.6) is 0 Å². The van der Waals surface area contributed by atoms with Crippen LogP contribution in [-0.4, -0.2) is 43.4 Å². The Labute approximate surface area is 179 Å². The van der Waals surface area contributed by atoms with Crippen molar-refractivity contribution in [1.82, 2.24) is 24.6 Å². The SMILES string of the molecule is Cc1nnc(SCC(=O)N(C)[C@@H](C)c2nc3ccccc3s2)n1C1CCCCC1. The fraction of sp³-hybridized carbons (Fsp3) is 0.524. The molecule has 1 aliphatic rings. The maximum Gasteiger partial charge on any atom is 0.233 e. The van der Waals surface area contributed by atoms with E-state index in [1.54, 1.807) is 16.2 Å². The first kappa shape index (κ1) is 20.3. The highest BCUT2D eigenvalue weighted by molar-refractivity contribution is 7.99. The topological polar surface area (TPSA) is 63.9 Å². The molecule has 154 valence electrons. The second-order valence-corrected chi connectivity index (χ2v) is 9.69. The first-order valence-corrected chi connectivity index (χ1v) is 12.0. The second kappa shape index (κ2) is 8.83. The van der Waals surface area contributed by atoms with E-state index in [9.17, 15) is 4.79 Å². The van der Waals surface area contributed by atoms with Crippen molar-refractivity contribution >= 4 is 39.2 Å². The van der Waals surface area contributed by atoms with Crippen LogP contribution in [-0.2, 0) is 4.79 Å². The van der Waals surface area contributed by atoms with Gasteiger partial charge in [-0.3, -0.25) is 4.79 Å². The average molecular weight is 430 g/mol. The number of rotatable bonds is 6. The molecule has 29 heavy (non-hydrogen) atoms. The van der Waals surface area contributed by atoms with Crippen LogP contribution in [0.3, 0.4) is 0 Å². The van der Waals surface area contributed by atoms with Gasteiger partial charge in [0, 0.05) is 13.1 Å². The van der Waals surface area contributed by atoms with Crippen molar-refractivity contribution in [3.8, 4) is 0 Å². The number of fused-ring (bicyclic) bond motifs is 1. The minimum atomic E-state index is -0.0570. The van der Waals surface area contributed by atoms with Gasteiger partial charge in [-0.15, -0.1) is 21.5 Å². The van der Waals surface area contributed by atoms with Crippen LogP contribution in [0, 0.1) is 6.92 Å². The summed E-state index contributed by atoms with van der Waals surface area (Å²) in [5.41, 5.74) is 0.991. The van der Waals surface area contributed by atoms with Gasteiger partial charge < -0.3 is 9.47 Å². The summed E-state index contributed by atoms with van der Waals surface area (Å²) in [6, 6.07) is 8.51. The molecular weight excluding hydrogens is 402 g/mol. The molecule has 3 aromatic rings. The zero-order valence-electron chi connectivity index (χ0n) is 17.2. The number of nitrogens with zero attached hydrogens (tertiary/aromatic N) is 5. The van der Waals surface area contributed by atoms with Gasteiger partial charge in [0.1, 0.15) is 10.8 Å². The monoisotopic (exact) mass is 429 g/mol. The van der Waals surface area contributed by atoms with E-state index in [4.69, 9.17) is 4.98 Å². The number of carbonyl (C=O) groups excluding carboxylic acids is 1. The standard InChI is InChI=1S/C21H27N5OS2/c1-14(20-22-17-11-7-8-12-18(17)29-20)25(3)19(27)13-28-21-24-23-15(2)26(21)16-9-5-4-6-10-16/h7-8,11-12,14,16H,4-6,9-10,13H2,1-3H3/t14-/m0/s1. The number of carbonyl (C=O) groups is 1. The van der Waals surface area contributed by atoms with Crippen molar-refractivity contribution in [2.24, 2.45) is 0 Å². The molecule has 8 heteroatoms. The van der Waals surface area contributed by atoms with Crippen molar-refractivity contribution in [2.45, 2.75) is 63.2 Å². The highest BCUT2D eigenvalue weighted by Gasteiger charge is 2.24. The first-order chi connectivity index (χ1) is 14.0. The molecule has 0 saturated heterocycles. The third kappa shape index (κ3) is 4.33. The molecule has 0 radical (unpaired) electrons. The van der Waals surface area contributed by atoms with E-state index >= 15 is 0 Å². The Morgan fingerprint density at radius 1 is 1.28 bits per heavy atom. The summed E-state index contributed by atoms with van der Waals surface area (Å²) in [5, 5.41) is 10.5. The van der Waals surface area contributed by atoms with Gasteiger partial charge in [0.25, 0.3) is 0 Å². The minimum Gasteiger partial charge on any atom is -0.336 e. The third-order valence-corrected chi connectivity index (χ3v) is 7.88. The fourth-order valence-electron chi connectivity index (χ4n) is 3.89. The Morgan fingerprint density at radius 2 is 2.03 bits per heavy atom. The average Bonchev–Trinajstić information content (AvgIpc) is 3.34. The zero-order chi connectivity index (χ0) is 20.4. The number of hydrogen-bond donors (Lipinski definition) is 0. The normalized spacial score (nSPS) is 16.2. The molecular formula is C21H27N5OS2. The smallest absolute Gasteiger partial charge is 0.233 e. The van der Waals surface area contributed by atoms with Crippen molar-refractivity contribution in [3.63, 3.8) is 0 Å². The van der Waals surface area contributed by atoms with Gasteiger partial charge in [0.05, 0.1) is 22.0 Å². The summed E-state index contributed by atoms with van der Waals surface area (Å²) in [7, 11) is 1.86. The molecule has 1 aliphatic carbocycles. The molecule has 0 N–H and O–H groups in total. The Morgan fingerprint density at radius 3 is 2.79 bits per heavy atom. The van der Waals surface area contributed by atoms with Gasteiger partial charge in [-0.2, -0.15) is 0 Å². The van der Waals surface area contributed by atoms with Crippen molar-refractivity contribution in [1.29, 1.82) is 0 Å². The summed E-state index contributed by atoms with van der Waals surface area (Å²) >= 11 is 3.15. The predicted molar refractivity (Wildman–Crippen MR) is 118 cm³/mol. The summed E-state index contributed by atoms with van der Waals surface area (Å²) in [6.07, 6.45) is 6.18. The van der Waals surface area contributed by atoms with Crippen molar-refractivity contribution in [2.75, 3.05) is 12.8 Å². The number of aromatic nitrogens is 4. The number of thiazole rings is 1. The van der Waals surface area contributed by atoms with E-state index in [0.717, 1.165) is 26.2 Å². The Hall–Kier alpha value is -1.93. The Balaban J connectivity index is 1.41. The van der Waals surface area contributed by atoms with Crippen LogP contribution in [0.15, 0.2) is 29.4 Å². The summed E-state index contributed by atoms with van der Waals surface area (Å²) in [6.45, 7) is 4.05. The van der Waals surface area contributed by atoms with E-state index in [-0.39, 0.29) is 11.9 Å². The number of thioether (sulfide) groups is 1. The number of aryl methyl sites for hydroxylation is 1. The van der Waals surface area contributed by atoms with E-state index in [1.807, 2.05) is 39.1 Å². The molecule has 0 aliphatic heterocycles. The summed E-state index contributed by atoms with van der Waals surface area (Å²) < 4.78 is 3.40. The maximum absolute atomic E-state index is 12.9. The molecule has 2 aromatic heterocycles. The lowest BCUT2D eigenvalue weighted by Gasteiger charge is -2.25. The molecule has 1 saturated carbocycles. The molecule has 0 unspecified atom stereocenters. The lowest BCUT2D eigenvalue weighted by Crippen LogP contribution is -2.31. The predicted octanol–water partition coefficient (Wildman–Crippen LogP) is 5.01. The summed E-state index contributed by atoms with van der Waals surface area (Å²) in [5.74, 6) is 1.39. The molecule has 1 atom stereocenters. The van der Waals surface area contributed by atoms with Crippen LogP contribution in [0.4, 0.5) is 0 Å². The Bertz CT molecular complexity index is 959. The fourth-order valence-corrected chi connectivity index (χ4v) is 5.92. The summed E-state index contributed by atoms with van der Waals surface area (Å²) in [4.78, 5) is 19.4. The molecule has 0 spiro atoms. The molecule has 1 aromatic carbocycles. The van der Waals surface area contributed by atoms with Gasteiger partial charge in [-0.1, -0.05) is 43.2 Å². The van der Waals surface area contributed by atoms with Gasteiger partial charge in [-0.25, -0.2) is 4.98 Å². The van der Waals surface area contributed by atoms with E-state index < -0.39 is 0 Å². The van der Waals surface area contributed by atoms with Gasteiger partial charge in [0.15, 0.2) is 5.16 Å². The van der Waals surface area contributed by atoms with Crippen molar-refractivity contribution in [3.05, 3.63) is 35.1 Å². The van der Waals surface area contributed by atoms with Crippen molar-refractivity contribution < 1.29 is 4.79 Å². The molecule has 4 rings (SSSR count). The third-order valence-electron chi connectivity index (χ3n) is 5.74. The van der Waals surface area contributed by atoms with Gasteiger partial charge in [0.2, 0.25) is 5.91 Å². The second-order valence-electron chi connectivity index (χ2n) is 7.68. The van der Waals surface area contributed by atoms with Crippen LogP contribution in [0.2, 0.25) is 0 Å². The lowest BCUT2D eigenvalue weighted by atomic mass is 9.95.